The molecule has 0 bridgehead atoms. The van der Waals surface area contributed by atoms with Gasteiger partial charge in [-0.3, -0.25) is 4.79 Å². The molecule has 1 aliphatic carbocycles. The van der Waals surface area contributed by atoms with Crippen molar-refractivity contribution in [3.8, 4) is 0 Å². The summed E-state index contributed by atoms with van der Waals surface area (Å²) in [5, 5.41) is 0. The minimum atomic E-state index is -0.281. The number of nitrogens with zero attached hydrogens (tertiary/aromatic N) is 1. The third kappa shape index (κ3) is 4.63. The summed E-state index contributed by atoms with van der Waals surface area (Å²) in [5.41, 5.74) is -0.281. The zero-order chi connectivity index (χ0) is 14.6. The number of amides is 1. The number of halogens is 1. The monoisotopic (exact) mass is 301 g/mol. The van der Waals surface area contributed by atoms with Crippen molar-refractivity contribution in [3.05, 3.63) is 0 Å². The summed E-state index contributed by atoms with van der Waals surface area (Å²) >= 11 is 5.93. The van der Waals surface area contributed by atoms with Gasteiger partial charge in [-0.25, -0.2) is 0 Å². The number of hydrogen-bond donors (Lipinski definition) is 0. The average molecular weight is 302 g/mol. The van der Waals surface area contributed by atoms with E-state index in [1.54, 1.807) is 0 Å². The Labute approximate surface area is 128 Å². The standard InChI is InChI=1S/C16H28ClNO2/c1-16(2)12-18(11-14(10-17)20-16)15(19)9-13-7-5-3-4-6-8-13/h13-14H,3-12H2,1-2H3. The minimum Gasteiger partial charge on any atom is -0.367 e. The summed E-state index contributed by atoms with van der Waals surface area (Å²) in [4.78, 5) is 14.5. The Kier molecular flexibility index (Phi) is 5.74. The zero-order valence-corrected chi connectivity index (χ0v) is 13.6. The van der Waals surface area contributed by atoms with Crippen LogP contribution in [-0.4, -0.2) is 41.5 Å². The second-order valence-electron chi connectivity index (χ2n) is 6.99. The molecule has 1 heterocycles. The van der Waals surface area contributed by atoms with E-state index in [1.807, 2.05) is 18.7 Å². The van der Waals surface area contributed by atoms with Crippen molar-refractivity contribution in [2.24, 2.45) is 5.92 Å². The van der Waals surface area contributed by atoms with E-state index in [-0.39, 0.29) is 11.7 Å². The summed E-state index contributed by atoms with van der Waals surface area (Å²) in [6.07, 6.45) is 8.38. The quantitative estimate of drug-likeness (QED) is 0.589. The lowest BCUT2D eigenvalue weighted by Gasteiger charge is -2.42. The Morgan fingerprint density at radius 2 is 1.90 bits per heavy atom. The highest BCUT2D eigenvalue weighted by atomic mass is 35.5. The largest absolute Gasteiger partial charge is 0.367 e. The highest BCUT2D eigenvalue weighted by molar-refractivity contribution is 6.18. The molecule has 1 atom stereocenters. The van der Waals surface area contributed by atoms with Crippen LogP contribution in [0, 0.1) is 5.92 Å². The minimum absolute atomic E-state index is 0.0292. The molecule has 1 saturated heterocycles. The summed E-state index contributed by atoms with van der Waals surface area (Å²) < 4.78 is 5.89. The summed E-state index contributed by atoms with van der Waals surface area (Å²) in [7, 11) is 0. The van der Waals surface area contributed by atoms with Gasteiger partial charge < -0.3 is 9.64 Å². The molecule has 1 aliphatic heterocycles. The van der Waals surface area contributed by atoms with Crippen LogP contribution in [0.15, 0.2) is 0 Å². The summed E-state index contributed by atoms with van der Waals surface area (Å²) in [6, 6.07) is 0. The maximum atomic E-state index is 12.6. The number of ether oxygens (including phenoxy) is 1. The van der Waals surface area contributed by atoms with E-state index < -0.39 is 0 Å². The number of alkyl halides is 1. The molecule has 1 amide bonds. The fourth-order valence-corrected chi connectivity index (χ4v) is 3.67. The Morgan fingerprint density at radius 1 is 1.25 bits per heavy atom. The Bertz CT molecular complexity index is 324. The normalized spacial score (nSPS) is 28.1. The van der Waals surface area contributed by atoms with Gasteiger partial charge in [0, 0.05) is 19.5 Å². The van der Waals surface area contributed by atoms with Crippen LogP contribution in [0.4, 0.5) is 0 Å². The van der Waals surface area contributed by atoms with Gasteiger partial charge >= 0.3 is 0 Å². The number of hydrogen-bond acceptors (Lipinski definition) is 2. The van der Waals surface area contributed by atoms with Crippen LogP contribution in [-0.2, 0) is 9.53 Å². The molecule has 0 radical (unpaired) electrons. The summed E-state index contributed by atoms with van der Waals surface area (Å²) in [6.45, 7) is 5.42. The maximum Gasteiger partial charge on any atom is 0.223 e. The van der Waals surface area contributed by atoms with E-state index in [0.29, 0.717) is 37.2 Å². The smallest absolute Gasteiger partial charge is 0.223 e. The molecule has 0 spiro atoms. The van der Waals surface area contributed by atoms with Crippen LogP contribution in [0.1, 0.15) is 58.8 Å². The SMILES string of the molecule is CC1(C)CN(C(=O)CC2CCCCCC2)CC(CCl)O1. The fourth-order valence-electron chi connectivity index (χ4n) is 3.51. The molecule has 1 unspecified atom stereocenters. The molecule has 0 aromatic heterocycles. The van der Waals surface area contributed by atoms with Gasteiger partial charge in [0.05, 0.1) is 17.6 Å². The van der Waals surface area contributed by atoms with Gasteiger partial charge in [-0.05, 0) is 32.6 Å². The van der Waals surface area contributed by atoms with Crippen LogP contribution in [0.2, 0.25) is 0 Å². The van der Waals surface area contributed by atoms with Crippen molar-refractivity contribution in [1.29, 1.82) is 0 Å². The fraction of sp³-hybridized carbons (Fsp3) is 0.938. The van der Waals surface area contributed by atoms with Gasteiger partial charge in [-0.1, -0.05) is 25.7 Å². The first kappa shape index (κ1) is 16.1. The highest BCUT2D eigenvalue weighted by Gasteiger charge is 2.35. The Hall–Kier alpha value is -0.280. The molecule has 0 aromatic carbocycles. The van der Waals surface area contributed by atoms with E-state index in [4.69, 9.17) is 16.3 Å². The van der Waals surface area contributed by atoms with Crippen molar-refractivity contribution in [2.45, 2.75) is 70.5 Å². The lowest BCUT2D eigenvalue weighted by Crippen LogP contribution is -2.55. The highest BCUT2D eigenvalue weighted by Crippen LogP contribution is 2.28. The molecule has 2 rings (SSSR count). The van der Waals surface area contributed by atoms with Crippen LogP contribution >= 0.6 is 11.6 Å². The van der Waals surface area contributed by atoms with Crippen molar-refractivity contribution in [3.63, 3.8) is 0 Å². The van der Waals surface area contributed by atoms with Gasteiger partial charge in [0.1, 0.15) is 0 Å². The first-order valence-corrected chi connectivity index (χ1v) is 8.55. The van der Waals surface area contributed by atoms with Crippen molar-refractivity contribution in [2.75, 3.05) is 19.0 Å². The molecule has 116 valence electrons. The number of carbonyl (C=O) groups is 1. The topological polar surface area (TPSA) is 29.5 Å². The van der Waals surface area contributed by atoms with Gasteiger partial charge in [0.2, 0.25) is 5.91 Å². The van der Waals surface area contributed by atoms with Crippen molar-refractivity contribution in [1.82, 2.24) is 4.90 Å². The predicted molar refractivity (Wildman–Crippen MR) is 82.1 cm³/mol. The zero-order valence-electron chi connectivity index (χ0n) is 12.9. The Morgan fingerprint density at radius 3 is 2.50 bits per heavy atom. The maximum absolute atomic E-state index is 12.6. The van der Waals surface area contributed by atoms with E-state index in [2.05, 4.69) is 0 Å². The third-order valence-electron chi connectivity index (χ3n) is 4.44. The number of rotatable bonds is 3. The number of carbonyl (C=O) groups excluding carboxylic acids is 1. The van der Waals surface area contributed by atoms with E-state index in [9.17, 15) is 4.79 Å². The first-order chi connectivity index (χ1) is 9.50. The molecular weight excluding hydrogens is 274 g/mol. The number of morpholine rings is 1. The lowest BCUT2D eigenvalue weighted by atomic mass is 9.95. The molecule has 1 saturated carbocycles. The third-order valence-corrected chi connectivity index (χ3v) is 4.79. The van der Waals surface area contributed by atoms with Crippen molar-refractivity contribution >= 4 is 17.5 Å². The molecule has 2 aliphatic rings. The second kappa shape index (κ2) is 7.13. The molecule has 0 aromatic rings. The van der Waals surface area contributed by atoms with Crippen LogP contribution in [0.5, 0.6) is 0 Å². The molecule has 4 heteroatoms. The van der Waals surface area contributed by atoms with E-state index in [1.165, 1.54) is 38.5 Å². The summed E-state index contributed by atoms with van der Waals surface area (Å²) in [5.74, 6) is 1.34. The lowest BCUT2D eigenvalue weighted by molar-refractivity contribution is -0.158. The van der Waals surface area contributed by atoms with Gasteiger partial charge in [-0.15, -0.1) is 11.6 Å². The Balaban J connectivity index is 1.90. The second-order valence-corrected chi connectivity index (χ2v) is 7.30. The predicted octanol–water partition coefficient (Wildman–Crippen LogP) is 3.59. The molecule has 3 nitrogen and oxygen atoms in total. The van der Waals surface area contributed by atoms with E-state index >= 15 is 0 Å². The van der Waals surface area contributed by atoms with Gasteiger partial charge in [0.25, 0.3) is 0 Å². The molecular formula is C16H28ClNO2. The molecule has 20 heavy (non-hydrogen) atoms. The van der Waals surface area contributed by atoms with Gasteiger partial charge in [-0.2, -0.15) is 0 Å². The van der Waals surface area contributed by atoms with Gasteiger partial charge in [0.15, 0.2) is 0 Å². The average Bonchev–Trinajstić information content (AvgIpc) is 2.65. The van der Waals surface area contributed by atoms with Crippen molar-refractivity contribution < 1.29 is 9.53 Å². The van der Waals surface area contributed by atoms with Crippen LogP contribution < -0.4 is 0 Å². The first-order valence-electron chi connectivity index (χ1n) is 8.02. The van der Waals surface area contributed by atoms with Crippen LogP contribution in [0.25, 0.3) is 0 Å². The van der Waals surface area contributed by atoms with Crippen LogP contribution in [0.3, 0.4) is 0 Å². The molecule has 2 fully saturated rings. The van der Waals surface area contributed by atoms with E-state index in [0.717, 1.165) is 0 Å². The molecule has 0 N–H and O–H groups in total.